The van der Waals surface area contributed by atoms with Crippen molar-refractivity contribution in [2.24, 2.45) is 11.5 Å². The zero-order chi connectivity index (χ0) is 18.1. The minimum absolute atomic E-state index is 0.150. The molecule has 2 aromatic heterocycles. The Hall–Kier alpha value is -2.64. The zero-order valence-electron chi connectivity index (χ0n) is 14.7. The summed E-state index contributed by atoms with van der Waals surface area (Å²) in [5.74, 6) is 0.812. The molecule has 0 bridgehead atoms. The van der Waals surface area contributed by atoms with Crippen molar-refractivity contribution in [1.29, 1.82) is 0 Å². The predicted molar refractivity (Wildman–Crippen MR) is 102 cm³/mol. The predicted octanol–water partition coefficient (Wildman–Crippen LogP) is 1.000. The van der Waals surface area contributed by atoms with Crippen molar-refractivity contribution in [2.75, 3.05) is 18.0 Å². The summed E-state index contributed by atoms with van der Waals surface area (Å²) in [4.78, 5) is 17.6. The quantitative estimate of drug-likeness (QED) is 0.650. The average molecular weight is 352 g/mol. The van der Waals surface area contributed by atoms with E-state index in [2.05, 4.69) is 21.0 Å². The van der Waals surface area contributed by atoms with Crippen molar-refractivity contribution in [3.63, 3.8) is 0 Å². The molecule has 7 heteroatoms. The van der Waals surface area contributed by atoms with Gasteiger partial charge >= 0.3 is 5.69 Å². The van der Waals surface area contributed by atoms with Crippen LogP contribution in [-0.4, -0.2) is 33.7 Å². The molecule has 5 N–H and O–H groups in total. The molecule has 1 unspecified atom stereocenters. The van der Waals surface area contributed by atoms with Crippen molar-refractivity contribution in [3.05, 3.63) is 63.7 Å². The number of hydrogen-bond acceptors (Lipinski definition) is 5. The molecule has 7 nitrogen and oxygen atoms in total. The van der Waals surface area contributed by atoms with Crippen LogP contribution in [0.3, 0.4) is 0 Å². The lowest BCUT2D eigenvalue weighted by molar-refractivity contribution is 0.502. The van der Waals surface area contributed by atoms with Crippen molar-refractivity contribution in [1.82, 2.24) is 14.6 Å². The number of nitrogens with zero attached hydrogens (tertiary/aromatic N) is 3. The highest BCUT2D eigenvalue weighted by atomic mass is 16.1. The van der Waals surface area contributed by atoms with E-state index in [1.807, 2.05) is 30.3 Å². The van der Waals surface area contributed by atoms with E-state index in [4.69, 9.17) is 11.5 Å². The van der Waals surface area contributed by atoms with Gasteiger partial charge in [0.05, 0.1) is 11.2 Å². The first-order chi connectivity index (χ1) is 12.6. The van der Waals surface area contributed by atoms with E-state index in [1.165, 1.54) is 4.52 Å². The van der Waals surface area contributed by atoms with Gasteiger partial charge in [0.2, 0.25) is 0 Å². The first-order valence-electron chi connectivity index (χ1n) is 9.03. The Kier molecular flexibility index (Phi) is 4.48. The van der Waals surface area contributed by atoms with Crippen LogP contribution in [0, 0.1) is 0 Å². The summed E-state index contributed by atoms with van der Waals surface area (Å²) in [7, 11) is 0. The van der Waals surface area contributed by atoms with Crippen molar-refractivity contribution in [2.45, 2.75) is 31.8 Å². The van der Waals surface area contributed by atoms with Crippen LogP contribution in [0.2, 0.25) is 0 Å². The van der Waals surface area contributed by atoms with E-state index in [0.29, 0.717) is 13.0 Å². The number of aromatic amines is 1. The second-order valence-electron chi connectivity index (χ2n) is 6.93. The Balaban J connectivity index is 1.67. The Bertz CT molecular complexity index is 976. The minimum atomic E-state index is -0.227. The lowest BCUT2D eigenvalue weighted by Crippen LogP contribution is -2.43. The standard InChI is InChI=1S/C19H24N6O/c20-11-14-5-2-1-4-13(14)8-16-9-17-10-18(22-19(26)25(17)23-16)24-7-3-6-15(21)12-24/h1-2,4-5,9-10,15H,3,6-8,11-12,20-21H2,(H,22,26). The molecule has 1 aromatic carbocycles. The topological polar surface area (TPSA) is 105 Å². The fourth-order valence-electron chi connectivity index (χ4n) is 3.66. The molecule has 136 valence electrons. The fourth-order valence-corrected chi connectivity index (χ4v) is 3.66. The average Bonchev–Trinajstić information content (AvgIpc) is 3.05. The monoisotopic (exact) mass is 352 g/mol. The number of nitrogens with two attached hydrogens (primary N) is 2. The summed E-state index contributed by atoms with van der Waals surface area (Å²) in [6.07, 6.45) is 2.72. The molecule has 4 rings (SSSR count). The van der Waals surface area contributed by atoms with Crippen LogP contribution in [0.25, 0.3) is 5.52 Å². The van der Waals surface area contributed by atoms with Gasteiger partial charge in [-0.15, -0.1) is 0 Å². The number of piperidine rings is 1. The minimum Gasteiger partial charge on any atom is -0.356 e. The molecule has 0 radical (unpaired) electrons. The van der Waals surface area contributed by atoms with E-state index in [9.17, 15) is 4.79 Å². The molecule has 1 atom stereocenters. The number of hydrogen-bond donors (Lipinski definition) is 3. The smallest absolute Gasteiger partial charge is 0.348 e. The van der Waals surface area contributed by atoms with Gasteiger partial charge in [0.15, 0.2) is 0 Å². The Morgan fingerprint density at radius 1 is 1.23 bits per heavy atom. The fraction of sp³-hybridized carbons (Fsp3) is 0.368. The largest absolute Gasteiger partial charge is 0.356 e. The summed E-state index contributed by atoms with van der Waals surface area (Å²) in [5.41, 5.74) is 15.5. The molecule has 0 saturated carbocycles. The van der Waals surface area contributed by atoms with Gasteiger partial charge in [0.1, 0.15) is 5.82 Å². The van der Waals surface area contributed by atoms with E-state index < -0.39 is 0 Å². The molecule has 3 heterocycles. The van der Waals surface area contributed by atoms with Crippen LogP contribution in [0.1, 0.15) is 29.7 Å². The molecular formula is C19H24N6O. The third-order valence-corrected chi connectivity index (χ3v) is 5.01. The second kappa shape index (κ2) is 6.93. The van der Waals surface area contributed by atoms with Crippen molar-refractivity contribution < 1.29 is 0 Å². The molecule has 1 fully saturated rings. The number of H-pyrrole nitrogens is 1. The normalized spacial score (nSPS) is 17.8. The van der Waals surface area contributed by atoms with E-state index >= 15 is 0 Å². The molecule has 26 heavy (non-hydrogen) atoms. The van der Waals surface area contributed by atoms with Gasteiger partial charge in [-0.2, -0.15) is 9.61 Å². The van der Waals surface area contributed by atoms with Crippen LogP contribution < -0.4 is 22.1 Å². The number of nitrogens with one attached hydrogen (secondary N) is 1. The highest BCUT2D eigenvalue weighted by Crippen LogP contribution is 2.19. The second-order valence-corrected chi connectivity index (χ2v) is 6.93. The highest BCUT2D eigenvalue weighted by molar-refractivity contribution is 5.56. The number of rotatable bonds is 4. The lowest BCUT2D eigenvalue weighted by Gasteiger charge is -2.31. The molecule has 0 spiro atoms. The summed E-state index contributed by atoms with van der Waals surface area (Å²) >= 11 is 0. The van der Waals surface area contributed by atoms with Crippen LogP contribution >= 0.6 is 0 Å². The Morgan fingerprint density at radius 3 is 2.81 bits per heavy atom. The number of benzene rings is 1. The van der Waals surface area contributed by atoms with Gasteiger partial charge in [-0.25, -0.2) is 4.79 Å². The zero-order valence-corrected chi connectivity index (χ0v) is 14.7. The SMILES string of the molecule is NCc1ccccc1Cc1cc2cc(N3CCCC(N)C3)[nH]c(=O)n2n1. The maximum Gasteiger partial charge on any atom is 0.348 e. The maximum atomic E-state index is 12.5. The van der Waals surface area contributed by atoms with E-state index in [1.54, 1.807) is 0 Å². The molecular weight excluding hydrogens is 328 g/mol. The van der Waals surface area contributed by atoms with Gasteiger partial charge in [-0.1, -0.05) is 24.3 Å². The van der Waals surface area contributed by atoms with Crippen molar-refractivity contribution >= 4 is 11.3 Å². The van der Waals surface area contributed by atoms with Crippen LogP contribution in [0.15, 0.2) is 41.2 Å². The highest BCUT2D eigenvalue weighted by Gasteiger charge is 2.19. The van der Waals surface area contributed by atoms with Gasteiger partial charge in [0.25, 0.3) is 0 Å². The third-order valence-electron chi connectivity index (χ3n) is 5.01. The van der Waals surface area contributed by atoms with Crippen LogP contribution in [0.5, 0.6) is 0 Å². The van der Waals surface area contributed by atoms with Crippen molar-refractivity contribution in [3.8, 4) is 0 Å². The van der Waals surface area contributed by atoms with Gasteiger partial charge in [-0.05, 0) is 30.0 Å². The van der Waals surface area contributed by atoms with E-state index in [0.717, 1.165) is 54.1 Å². The molecule has 0 aliphatic carbocycles. The molecule has 1 aliphatic rings. The first kappa shape index (κ1) is 16.8. The summed E-state index contributed by atoms with van der Waals surface area (Å²) in [6.45, 7) is 2.16. The third kappa shape index (κ3) is 3.23. The molecule has 3 aromatic rings. The number of fused-ring (bicyclic) bond motifs is 1. The van der Waals surface area contributed by atoms with Gasteiger partial charge in [0, 0.05) is 38.2 Å². The van der Waals surface area contributed by atoms with Crippen LogP contribution in [-0.2, 0) is 13.0 Å². The molecule has 1 aliphatic heterocycles. The summed E-state index contributed by atoms with van der Waals surface area (Å²) in [6, 6.07) is 12.1. The van der Waals surface area contributed by atoms with Gasteiger partial charge < -0.3 is 16.4 Å². The summed E-state index contributed by atoms with van der Waals surface area (Å²) in [5, 5.41) is 4.47. The molecule has 0 amide bonds. The lowest BCUT2D eigenvalue weighted by atomic mass is 10.0. The maximum absolute atomic E-state index is 12.5. The van der Waals surface area contributed by atoms with E-state index in [-0.39, 0.29) is 11.7 Å². The number of aromatic nitrogens is 3. The van der Waals surface area contributed by atoms with Gasteiger partial charge in [-0.3, -0.25) is 4.98 Å². The molecule has 1 saturated heterocycles. The Labute approximate surface area is 151 Å². The first-order valence-corrected chi connectivity index (χ1v) is 9.03. The summed E-state index contributed by atoms with van der Waals surface area (Å²) < 4.78 is 1.42. The number of anilines is 1. The Morgan fingerprint density at radius 2 is 2.04 bits per heavy atom. The van der Waals surface area contributed by atoms with Crippen LogP contribution in [0.4, 0.5) is 5.82 Å².